The number of methoxy groups -OCH3 is 1. The van der Waals surface area contributed by atoms with E-state index >= 15 is 0 Å². The average molecular weight is 751 g/mol. The normalized spacial score (nSPS) is 16.9. The minimum atomic E-state index is -0.758. The summed E-state index contributed by atoms with van der Waals surface area (Å²) in [5, 5.41) is 5.80. The summed E-state index contributed by atoms with van der Waals surface area (Å²) in [5.41, 5.74) is 1.85. The zero-order valence-electron chi connectivity index (χ0n) is 30.4. The maximum Gasteiger partial charge on any atom is 0.407 e. The highest BCUT2D eigenvalue weighted by Crippen LogP contribution is 2.40. The lowest BCUT2D eigenvalue weighted by atomic mass is 9.96. The molecule has 3 aliphatic rings. The van der Waals surface area contributed by atoms with E-state index in [1.807, 2.05) is 51.1 Å². The van der Waals surface area contributed by atoms with Crippen molar-refractivity contribution in [2.24, 2.45) is 5.41 Å². The van der Waals surface area contributed by atoms with Gasteiger partial charge in [-0.05, 0) is 68.3 Å². The quantitative estimate of drug-likeness (QED) is 0.176. The summed E-state index contributed by atoms with van der Waals surface area (Å²) in [5.74, 6) is 1.03. The number of rotatable bonds is 16. The number of aromatic nitrogens is 2. The van der Waals surface area contributed by atoms with Crippen molar-refractivity contribution >= 4 is 46.8 Å². The topological polar surface area (TPSA) is 180 Å². The van der Waals surface area contributed by atoms with Crippen LogP contribution < -0.4 is 34.3 Å². The molecule has 15 nitrogen and oxygen atoms in total. The first-order valence-electron chi connectivity index (χ1n) is 17.9. The van der Waals surface area contributed by atoms with Gasteiger partial charge in [-0.25, -0.2) is 14.8 Å². The number of alkyl carbamates (subject to hydrolysis) is 1. The van der Waals surface area contributed by atoms with Crippen molar-refractivity contribution < 1.29 is 42.9 Å². The molecule has 2 atom stereocenters. The van der Waals surface area contributed by atoms with Gasteiger partial charge < -0.3 is 39.2 Å². The van der Waals surface area contributed by atoms with E-state index < -0.39 is 29.5 Å². The van der Waals surface area contributed by atoms with Gasteiger partial charge in [-0.15, -0.1) is 0 Å². The van der Waals surface area contributed by atoms with Crippen molar-refractivity contribution in [3.05, 3.63) is 36.4 Å². The van der Waals surface area contributed by atoms with Gasteiger partial charge in [0.05, 0.1) is 19.2 Å². The second kappa shape index (κ2) is 16.8. The molecule has 2 aliphatic heterocycles. The third kappa shape index (κ3) is 9.52. The van der Waals surface area contributed by atoms with Crippen LogP contribution in [0.2, 0.25) is 0 Å². The molecule has 1 saturated heterocycles. The van der Waals surface area contributed by atoms with Crippen LogP contribution in [-0.2, 0) is 19.1 Å². The van der Waals surface area contributed by atoms with Crippen LogP contribution in [0.15, 0.2) is 36.4 Å². The second-order valence-electron chi connectivity index (χ2n) is 14.0. The molecule has 1 saturated carbocycles. The van der Waals surface area contributed by atoms with Crippen LogP contribution in [0, 0.1) is 5.41 Å². The standard InChI is InChI=1S/C37H46N6O9S/c1-5-8-26(33(45)42-53-24-12-13-24)40-34(46)27-11-7-16-43(27)29(44)18-38-36(47)50-20-37(2,3)19-49-23-10-6-9-22(17-23)30-35(48-4)41-31-25(39-30)14-15-28-32(31)52-21-51-28/h6,9-10,14-15,17,24,26-27H,5,7-8,11-13,16,18-21H2,1-4H3,(H,38,47)(H,40,46)(H,42,45). The molecule has 16 heteroatoms. The SMILES string of the molecule is CCCC(NC(=O)C1CCCN1C(=O)CNC(=O)OCC(C)(C)COc1cccc(-c2nc3ccc4c(c3nc2OC)OCO4)c1)C(=O)NSC1CC1. The van der Waals surface area contributed by atoms with E-state index in [0.717, 1.165) is 18.4 Å². The minimum Gasteiger partial charge on any atom is -0.493 e. The molecule has 4 amide bonds. The highest BCUT2D eigenvalue weighted by molar-refractivity contribution is 7.98. The Morgan fingerprint density at radius 1 is 1.08 bits per heavy atom. The summed E-state index contributed by atoms with van der Waals surface area (Å²) in [4.78, 5) is 62.5. The van der Waals surface area contributed by atoms with Gasteiger partial charge >= 0.3 is 6.09 Å². The fourth-order valence-corrected chi connectivity index (χ4v) is 6.77. The number of benzene rings is 2. The van der Waals surface area contributed by atoms with Crippen molar-refractivity contribution in [1.29, 1.82) is 0 Å². The molecule has 2 unspecified atom stereocenters. The van der Waals surface area contributed by atoms with Crippen molar-refractivity contribution in [1.82, 2.24) is 30.2 Å². The van der Waals surface area contributed by atoms with Crippen LogP contribution in [0.3, 0.4) is 0 Å². The Morgan fingerprint density at radius 2 is 1.91 bits per heavy atom. The van der Waals surface area contributed by atoms with E-state index in [0.29, 0.717) is 77.3 Å². The zero-order valence-corrected chi connectivity index (χ0v) is 31.2. The first-order chi connectivity index (χ1) is 25.5. The smallest absolute Gasteiger partial charge is 0.407 e. The fraction of sp³-hybridized carbons (Fsp3) is 0.514. The molecule has 2 fully saturated rings. The molecule has 2 aromatic carbocycles. The Hall–Kier alpha value is -4.99. The van der Waals surface area contributed by atoms with Crippen molar-refractivity contribution in [2.45, 2.75) is 76.6 Å². The number of fused-ring (bicyclic) bond motifs is 3. The summed E-state index contributed by atoms with van der Waals surface area (Å²) in [6.07, 6.45) is 3.73. The maximum absolute atomic E-state index is 13.2. The number of carbonyl (C=O) groups is 4. The number of likely N-dealkylation sites (tertiary alicyclic amines) is 1. The number of nitrogens with one attached hydrogen (secondary N) is 3. The van der Waals surface area contributed by atoms with E-state index in [2.05, 4.69) is 20.3 Å². The Kier molecular flexibility index (Phi) is 12.0. The van der Waals surface area contributed by atoms with Crippen LogP contribution in [0.25, 0.3) is 22.3 Å². The number of nitrogens with zero attached hydrogens (tertiary/aromatic N) is 3. The van der Waals surface area contributed by atoms with E-state index in [4.69, 9.17) is 28.7 Å². The largest absolute Gasteiger partial charge is 0.493 e. The van der Waals surface area contributed by atoms with Crippen LogP contribution in [0.1, 0.15) is 59.3 Å². The van der Waals surface area contributed by atoms with E-state index in [1.54, 1.807) is 6.07 Å². The van der Waals surface area contributed by atoms with E-state index in [1.165, 1.54) is 24.0 Å². The summed E-state index contributed by atoms with van der Waals surface area (Å²) in [6, 6.07) is 9.60. The lowest BCUT2D eigenvalue weighted by molar-refractivity contribution is -0.138. The van der Waals surface area contributed by atoms with Gasteiger partial charge in [-0.3, -0.25) is 19.1 Å². The summed E-state index contributed by atoms with van der Waals surface area (Å²) in [6.45, 7) is 6.14. The van der Waals surface area contributed by atoms with Gasteiger partial charge in [0.1, 0.15) is 42.2 Å². The molecule has 0 bridgehead atoms. The van der Waals surface area contributed by atoms with Gasteiger partial charge in [0.15, 0.2) is 11.5 Å². The lowest BCUT2D eigenvalue weighted by Crippen LogP contribution is -2.53. The number of ether oxygens (including phenoxy) is 5. The molecule has 3 heterocycles. The third-order valence-corrected chi connectivity index (χ3v) is 10.1. The van der Waals surface area contributed by atoms with Crippen molar-refractivity contribution in [2.75, 3.05) is 40.2 Å². The second-order valence-corrected chi connectivity index (χ2v) is 15.1. The van der Waals surface area contributed by atoms with Crippen molar-refractivity contribution in [3.8, 4) is 34.4 Å². The molecule has 6 rings (SSSR count). The molecule has 3 aromatic rings. The molecular formula is C37H46N6O9S. The average Bonchev–Trinajstić information content (AvgIpc) is 3.62. The Morgan fingerprint density at radius 3 is 2.68 bits per heavy atom. The van der Waals surface area contributed by atoms with E-state index in [-0.39, 0.29) is 38.4 Å². The lowest BCUT2D eigenvalue weighted by Gasteiger charge is -2.27. The van der Waals surface area contributed by atoms with Gasteiger partial charge in [-0.1, -0.05) is 39.3 Å². The van der Waals surface area contributed by atoms with Gasteiger partial charge in [0.2, 0.25) is 24.5 Å². The monoisotopic (exact) mass is 750 g/mol. The predicted molar refractivity (Wildman–Crippen MR) is 197 cm³/mol. The Labute approximate surface area is 312 Å². The Bertz CT molecular complexity index is 1840. The van der Waals surface area contributed by atoms with Gasteiger partial charge in [0.25, 0.3) is 5.91 Å². The number of carbonyl (C=O) groups excluding carboxylic acids is 4. The van der Waals surface area contributed by atoms with Gasteiger partial charge in [-0.2, -0.15) is 0 Å². The minimum absolute atomic E-state index is 0.0153. The summed E-state index contributed by atoms with van der Waals surface area (Å²) >= 11 is 1.40. The summed E-state index contributed by atoms with van der Waals surface area (Å²) < 4.78 is 31.0. The van der Waals surface area contributed by atoms with Crippen molar-refractivity contribution in [3.63, 3.8) is 0 Å². The third-order valence-electron chi connectivity index (χ3n) is 8.98. The van der Waals surface area contributed by atoms with Crippen LogP contribution in [0.5, 0.6) is 23.1 Å². The zero-order chi connectivity index (χ0) is 37.5. The van der Waals surface area contributed by atoms with Crippen LogP contribution in [0.4, 0.5) is 4.79 Å². The molecule has 1 aromatic heterocycles. The molecule has 0 radical (unpaired) electrons. The number of hydrogen-bond acceptors (Lipinski definition) is 12. The number of amides is 4. The highest BCUT2D eigenvalue weighted by atomic mass is 32.2. The summed E-state index contributed by atoms with van der Waals surface area (Å²) in [7, 11) is 1.53. The molecule has 1 aliphatic carbocycles. The van der Waals surface area contributed by atoms with Crippen LogP contribution in [-0.4, -0.2) is 96.2 Å². The molecular weight excluding hydrogens is 705 g/mol. The van der Waals surface area contributed by atoms with Crippen LogP contribution >= 0.6 is 11.9 Å². The maximum atomic E-state index is 13.2. The van der Waals surface area contributed by atoms with E-state index in [9.17, 15) is 19.2 Å². The molecule has 0 spiro atoms. The fourth-order valence-electron chi connectivity index (χ4n) is 5.98. The first kappa shape index (κ1) is 37.8. The first-order valence-corrected chi connectivity index (χ1v) is 18.8. The Balaban J connectivity index is 0.969. The van der Waals surface area contributed by atoms with Gasteiger partial charge in [0, 0.05) is 22.8 Å². The highest BCUT2D eigenvalue weighted by Gasteiger charge is 2.36. The number of hydrogen-bond donors (Lipinski definition) is 3. The molecule has 3 N–H and O–H groups in total. The predicted octanol–water partition coefficient (Wildman–Crippen LogP) is 4.37. The molecule has 53 heavy (non-hydrogen) atoms. The molecule has 284 valence electrons.